The Kier molecular flexibility index (Phi) is 6.52. The van der Waals surface area contributed by atoms with Crippen molar-refractivity contribution in [2.45, 2.75) is 12.0 Å². The third-order valence-corrected chi connectivity index (χ3v) is 9.74. The fourth-order valence-electron chi connectivity index (χ4n) is 7.53. The van der Waals surface area contributed by atoms with E-state index < -0.39 is 0 Å². The molecule has 10 rings (SSSR count). The van der Waals surface area contributed by atoms with E-state index in [-0.39, 0.29) is 12.0 Å². The van der Waals surface area contributed by atoms with E-state index in [1.54, 1.807) is 0 Å². The van der Waals surface area contributed by atoms with E-state index in [9.17, 15) is 0 Å². The summed E-state index contributed by atoms with van der Waals surface area (Å²) in [7, 11) is 0. The van der Waals surface area contributed by atoms with Crippen LogP contribution in [0.5, 0.6) is 5.75 Å². The maximum atomic E-state index is 7.25. The van der Waals surface area contributed by atoms with Crippen LogP contribution in [0.2, 0.25) is 0 Å². The molecule has 6 heteroatoms. The van der Waals surface area contributed by atoms with Crippen molar-refractivity contribution in [3.63, 3.8) is 0 Å². The number of rotatable bonds is 5. The summed E-state index contributed by atoms with van der Waals surface area (Å²) in [6.45, 7) is 0. The molecule has 5 aromatic carbocycles. The largest absolute Gasteiger partial charge is 0.484 e. The van der Waals surface area contributed by atoms with E-state index in [1.807, 2.05) is 73.1 Å². The molecule has 1 aliphatic heterocycles. The number of nitrogens with zero attached hydrogens (tertiary/aromatic N) is 5. The van der Waals surface area contributed by atoms with Gasteiger partial charge in [0.05, 0.1) is 16.8 Å². The van der Waals surface area contributed by atoms with Crippen LogP contribution in [0.3, 0.4) is 0 Å². The summed E-state index contributed by atoms with van der Waals surface area (Å²) >= 11 is 0. The van der Waals surface area contributed by atoms with Crippen molar-refractivity contribution in [3.05, 3.63) is 175 Å². The van der Waals surface area contributed by atoms with Crippen molar-refractivity contribution < 1.29 is 4.74 Å². The van der Waals surface area contributed by atoms with Gasteiger partial charge in [-0.25, -0.2) is 15.0 Å². The predicted molar refractivity (Wildman–Crippen MR) is 198 cm³/mol. The van der Waals surface area contributed by atoms with Gasteiger partial charge in [0, 0.05) is 51.6 Å². The first-order valence-electron chi connectivity index (χ1n) is 16.8. The highest BCUT2D eigenvalue weighted by atomic mass is 16.5. The number of para-hydroxylation sites is 2. The van der Waals surface area contributed by atoms with Gasteiger partial charge in [0.1, 0.15) is 11.9 Å². The third kappa shape index (κ3) is 4.49. The molecule has 8 aromatic rings. The fourth-order valence-corrected chi connectivity index (χ4v) is 7.53. The van der Waals surface area contributed by atoms with Crippen LogP contribution >= 0.6 is 0 Å². The van der Waals surface area contributed by atoms with Crippen LogP contribution in [0, 0.1) is 0 Å². The average molecular weight is 644 g/mol. The molecule has 236 valence electrons. The molecule has 1 aliphatic carbocycles. The van der Waals surface area contributed by atoms with Crippen molar-refractivity contribution in [3.8, 4) is 56.7 Å². The lowest BCUT2D eigenvalue weighted by molar-refractivity contribution is 0.225. The summed E-state index contributed by atoms with van der Waals surface area (Å²) in [6, 6.07) is 47.7. The fraction of sp³-hybridized carbons (Fsp3) is 0.0455. The van der Waals surface area contributed by atoms with Gasteiger partial charge in [-0.3, -0.25) is 4.98 Å². The molecule has 2 atom stereocenters. The predicted octanol–water partition coefficient (Wildman–Crippen LogP) is 10.1. The Balaban J connectivity index is 1.21. The summed E-state index contributed by atoms with van der Waals surface area (Å²) in [5, 5.41) is 1.18. The molecular weight excluding hydrogens is 615 g/mol. The maximum absolute atomic E-state index is 7.25. The Bertz CT molecular complexity index is 2510. The summed E-state index contributed by atoms with van der Waals surface area (Å²) in [5.41, 5.74) is 10.6. The molecule has 4 heterocycles. The number of hydrogen-bond donors (Lipinski definition) is 0. The van der Waals surface area contributed by atoms with Crippen molar-refractivity contribution in [1.29, 1.82) is 0 Å². The lowest BCUT2D eigenvalue weighted by Gasteiger charge is -2.23. The first-order chi connectivity index (χ1) is 24.8. The second-order valence-corrected chi connectivity index (χ2v) is 12.6. The average Bonchev–Trinajstić information content (AvgIpc) is 3.75. The molecule has 6 nitrogen and oxygen atoms in total. The molecule has 0 fully saturated rings. The first-order valence-corrected chi connectivity index (χ1v) is 16.8. The second-order valence-electron chi connectivity index (χ2n) is 12.6. The summed E-state index contributed by atoms with van der Waals surface area (Å²) in [4.78, 5) is 19.5. The standard InChI is InChI=1S/C44H29N5O/c1-4-12-29(13-5-1)42-46-43(30-14-6-2-7-15-30)48-44(47-42)35-21-20-32(28-24-26-45-27-25-28)38-34-22-23-37-39(40(34)50-41(35)38)33-18-10-11-19-36(33)49(37)31-16-8-3-9-17-31/h1-27,34,40H. The zero-order valence-corrected chi connectivity index (χ0v) is 26.9. The molecule has 0 saturated carbocycles. The van der Waals surface area contributed by atoms with Crippen LogP contribution in [0.15, 0.2) is 158 Å². The molecule has 0 spiro atoms. The molecule has 2 aliphatic rings. The van der Waals surface area contributed by atoms with Crippen molar-refractivity contribution in [2.75, 3.05) is 0 Å². The summed E-state index contributed by atoms with van der Waals surface area (Å²) < 4.78 is 9.60. The third-order valence-electron chi connectivity index (χ3n) is 9.74. The number of benzene rings is 5. The highest BCUT2D eigenvalue weighted by Crippen LogP contribution is 2.57. The van der Waals surface area contributed by atoms with Crippen LogP contribution in [-0.4, -0.2) is 24.5 Å². The van der Waals surface area contributed by atoms with E-state index in [0.717, 1.165) is 56.0 Å². The smallest absolute Gasteiger partial charge is 0.167 e. The molecule has 0 radical (unpaired) electrons. The van der Waals surface area contributed by atoms with Crippen LogP contribution < -0.4 is 4.74 Å². The van der Waals surface area contributed by atoms with Gasteiger partial charge in [-0.15, -0.1) is 0 Å². The minimum absolute atomic E-state index is 0.0281. The topological polar surface area (TPSA) is 65.7 Å². The molecule has 0 bridgehead atoms. The highest BCUT2D eigenvalue weighted by molar-refractivity contribution is 5.93. The van der Waals surface area contributed by atoms with Crippen LogP contribution in [0.4, 0.5) is 0 Å². The molecule has 2 unspecified atom stereocenters. The molecule has 0 saturated heterocycles. The monoisotopic (exact) mass is 643 g/mol. The zero-order valence-electron chi connectivity index (χ0n) is 26.9. The van der Waals surface area contributed by atoms with Gasteiger partial charge in [0.2, 0.25) is 0 Å². The number of pyridine rings is 1. The van der Waals surface area contributed by atoms with E-state index in [4.69, 9.17) is 19.7 Å². The molecule has 0 N–H and O–H groups in total. The zero-order chi connectivity index (χ0) is 33.0. The number of fused-ring (bicyclic) bond motifs is 7. The van der Waals surface area contributed by atoms with E-state index >= 15 is 0 Å². The lowest BCUT2D eigenvalue weighted by atomic mass is 9.82. The SMILES string of the molecule is C1=CC2c3c(-c4ccncc4)ccc(-c4nc(-c5ccccc5)nc(-c5ccccc5)n4)c3OC2c2c1n(-c1ccccc1)c1ccccc21. The quantitative estimate of drug-likeness (QED) is 0.187. The van der Waals surface area contributed by atoms with E-state index in [0.29, 0.717) is 17.5 Å². The minimum atomic E-state index is -0.245. The van der Waals surface area contributed by atoms with E-state index in [2.05, 4.69) is 101 Å². The molecule has 3 aromatic heterocycles. The van der Waals surface area contributed by atoms with Gasteiger partial charge in [-0.05, 0) is 53.6 Å². The van der Waals surface area contributed by atoms with Gasteiger partial charge in [0.25, 0.3) is 0 Å². The van der Waals surface area contributed by atoms with Crippen molar-refractivity contribution in [2.24, 2.45) is 0 Å². The van der Waals surface area contributed by atoms with Crippen molar-refractivity contribution in [1.82, 2.24) is 24.5 Å². The number of hydrogen-bond acceptors (Lipinski definition) is 5. The normalized spacial score (nSPS) is 15.7. The van der Waals surface area contributed by atoms with Gasteiger partial charge in [0.15, 0.2) is 17.5 Å². The number of aromatic nitrogens is 5. The van der Waals surface area contributed by atoms with E-state index in [1.165, 1.54) is 10.9 Å². The Morgan fingerprint density at radius 2 is 1.12 bits per heavy atom. The molecule has 50 heavy (non-hydrogen) atoms. The summed E-state index contributed by atoms with van der Waals surface area (Å²) in [5.74, 6) is 2.58. The van der Waals surface area contributed by atoms with Crippen LogP contribution in [-0.2, 0) is 0 Å². The Morgan fingerprint density at radius 1 is 0.520 bits per heavy atom. The van der Waals surface area contributed by atoms with Gasteiger partial charge >= 0.3 is 0 Å². The minimum Gasteiger partial charge on any atom is -0.484 e. The summed E-state index contributed by atoms with van der Waals surface area (Å²) in [6.07, 6.45) is 8.02. The Hall–Kier alpha value is -6.66. The molecular formula is C44H29N5O. The highest BCUT2D eigenvalue weighted by Gasteiger charge is 2.43. The first kappa shape index (κ1) is 28.4. The van der Waals surface area contributed by atoms with Gasteiger partial charge in [-0.1, -0.05) is 109 Å². The van der Waals surface area contributed by atoms with Crippen LogP contribution in [0.25, 0.3) is 68.0 Å². The Labute approximate surface area is 289 Å². The lowest BCUT2D eigenvalue weighted by Crippen LogP contribution is -2.13. The second kappa shape index (κ2) is 11.5. The number of ether oxygens (including phenoxy) is 1. The Morgan fingerprint density at radius 3 is 1.82 bits per heavy atom. The van der Waals surface area contributed by atoms with Crippen molar-refractivity contribution >= 4 is 17.0 Å². The molecule has 0 amide bonds. The van der Waals surface area contributed by atoms with Gasteiger partial charge < -0.3 is 9.30 Å². The van der Waals surface area contributed by atoms with Crippen LogP contribution in [0.1, 0.15) is 28.8 Å². The van der Waals surface area contributed by atoms with Gasteiger partial charge in [-0.2, -0.15) is 0 Å². The maximum Gasteiger partial charge on any atom is 0.167 e.